The first-order valence-electron chi connectivity index (χ1n) is 7.84. The minimum atomic E-state index is 0.0244. The van der Waals surface area contributed by atoms with E-state index in [1.807, 2.05) is 31.2 Å². The molecule has 20 heavy (non-hydrogen) atoms. The Morgan fingerprint density at radius 2 is 1.90 bits per heavy atom. The fourth-order valence-corrected chi connectivity index (χ4v) is 2.82. The van der Waals surface area contributed by atoms with Crippen LogP contribution in [-0.4, -0.2) is 25.0 Å². The Morgan fingerprint density at radius 1 is 1.15 bits per heavy atom. The van der Waals surface area contributed by atoms with Crippen molar-refractivity contribution in [3.8, 4) is 0 Å². The minimum absolute atomic E-state index is 0.0244. The average Bonchev–Trinajstić information content (AvgIpc) is 2.72. The van der Waals surface area contributed by atoms with Gasteiger partial charge in [-0.05, 0) is 31.9 Å². The maximum Gasteiger partial charge on any atom is 0.251 e. The number of amides is 1. The molecule has 2 rings (SSSR count). The first-order valence-corrected chi connectivity index (χ1v) is 7.84. The van der Waals surface area contributed by atoms with Crippen molar-refractivity contribution < 1.29 is 4.79 Å². The summed E-state index contributed by atoms with van der Waals surface area (Å²) in [6.07, 6.45) is 8.00. The number of benzene rings is 1. The summed E-state index contributed by atoms with van der Waals surface area (Å²) in [5, 5.41) is 6.55. The Balaban J connectivity index is 1.66. The van der Waals surface area contributed by atoms with Crippen molar-refractivity contribution >= 4 is 5.91 Å². The fraction of sp³-hybridized carbons (Fsp3) is 0.588. The van der Waals surface area contributed by atoms with E-state index in [-0.39, 0.29) is 5.91 Å². The lowest BCUT2D eigenvalue weighted by atomic mass is 10.1. The summed E-state index contributed by atoms with van der Waals surface area (Å²) < 4.78 is 0. The van der Waals surface area contributed by atoms with Crippen molar-refractivity contribution in [2.45, 2.75) is 51.5 Å². The molecule has 0 unspecified atom stereocenters. The van der Waals surface area contributed by atoms with Gasteiger partial charge >= 0.3 is 0 Å². The number of nitrogens with one attached hydrogen (secondary N) is 2. The van der Waals surface area contributed by atoms with Gasteiger partial charge in [0.25, 0.3) is 5.91 Å². The van der Waals surface area contributed by atoms with E-state index in [0.29, 0.717) is 12.6 Å². The monoisotopic (exact) mass is 274 g/mol. The lowest BCUT2D eigenvalue weighted by Crippen LogP contribution is -2.36. The summed E-state index contributed by atoms with van der Waals surface area (Å²) in [5.41, 5.74) is 1.87. The molecule has 0 atom stereocenters. The third kappa shape index (κ3) is 4.97. The molecule has 3 heteroatoms. The third-order valence-electron chi connectivity index (χ3n) is 3.98. The highest BCUT2D eigenvalue weighted by Crippen LogP contribution is 2.16. The predicted molar refractivity (Wildman–Crippen MR) is 83.0 cm³/mol. The lowest BCUT2D eigenvalue weighted by Gasteiger charge is -2.16. The van der Waals surface area contributed by atoms with E-state index in [9.17, 15) is 4.79 Å². The molecule has 1 aliphatic rings. The van der Waals surface area contributed by atoms with Crippen LogP contribution in [0.2, 0.25) is 0 Å². The Bertz CT molecular complexity index is 423. The molecule has 0 aromatic heterocycles. The van der Waals surface area contributed by atoms with Crippen molar-refractivity contribution in [3.05, 3.63) is 35.4 Å². The van der Waals surface area contributed by atoms with Gasteiger partial charge in [-0.2, -0.15) is 0 Å². The standard InChI is InChI=1S/C17H26N2O/c1-14-7-6-8-15(13-14)17(20)19-12-11-18-16-9-4-2-3-5-10-16/h6-8,13,16,18H,2-5,9-12H2,1H3,(H,19,20). The summed E-state index contributed by atoms with van der Waals surface area (Å²) in [6, 6.07) is 8.36. The zero-order chi connectivity index (χ0) is 14.2. The van der Waals surface area contributed by atoms with Crippen LogP contribution in [0.15, 0.2) is 24.3 Å². The zero-order valence-electron chi connectivity index (χ0n) is 12.5. The number of hydrogen-bond acceptors (Lipinski definition) is 2. The van der Waals surface area contributed by atoms with E-state index >= 15 is 0 Å². The predicted octanol–water partition coefficient (Wildman–Crippen LogP) is 3.04. The third-order valence-corrected chi connectivity index (χ3v) is 3.98. The summed E-state index contributed by atoms with van der Waals surface area (Å²) in [7, 11) is 0. The largest absolute Gasteiger partial charge is 0.351 e. The van der Waals surface area contributed by atoms with Gasteiger partial charge in [-0.25, -0.2) is 0 Å². The van der Waals surface area contributed by atoms with E-state index in [1.54, 1.807) is 0 Å². The molecular weight excluding hydrogens is 248 g/mol. The van der Waals surface area contributed by atoms with E-state index in [0.717, 1.165) is 17.7 Å². The van der Waals surface area contributed by atoms with E-state index in [1.165, 1.54) is 38.5 Å². The molecule has 110 valence electrons. The summed E-state index contributed by atoms with van der Waals surface area (Å²) in [5.74, 6) is 0.0244. The van der Waals surface area contributed by atoms with Gasteiger partial charge in [0.2, 0.25) is 0 Å². The maximum absolute atomic E-state index is 12.0. The second-order valence-corrected chi connectivity index (χ2v) is 5.77. The second-order valence-electron chi connectivity index (χ2n) is 5.77. The van der Waals surface area contributed by atoms with E-state index in [4.69, 9.17) is 0 Å². The van der Waals surface area contributed by atoms with Gasteiger partial charge in [-0.3, -0.25) is 4.79 Å². The Morgan fingerprint density at radius 3 is 2.60 bits per heavy atom. The molecule has 1 amide bonds. The minimum Gasteiger partial charge on any atom is -0.351 e. The molecule has 0 saturated heterocycles. The van der Waals surface area contributed by atoms with Gasteiger partial charge in [0.15, 0.2) is 0 Å². The highest BCUT2D eigenvalue weighted by molar-refractivity contribution is 5.94. The molecule has 1 aromatic carbocycles. The Hall–Kier alpha value is -1.35. The Labute approximate surface area is 122 Å². The number of carbonyl (C=O) groups is 1. The van der Waals surface area contributed by atoms with Crippen LogP contribution in [0.3, 0.4) is 0 Å². The van der Waals surface area contributed by atoms with Gasteiger partial charge in [0, 0.05) is 24.7 Å². The molecule has 0 spiro atoms. The van der Waals surface area contributed by atoms with Crippen molar-refractivity contribution in [2.24, 2.45) is 0 Å². The van der Waals surface area contributed by atoms with Crippen LogP contribution < -0.4 is 10.6 Å². The van der Waals surface area contributed by atoms with Crippen molar-refractivity contribution in [1.29, 1.82) is 0 Å². The molecule has 0 bridgehead atoms. The van der Waals surface area contributed by atoms with Gasteiger partial charge in [0.05, 0.1) is 0 Å². The number of aryl methyl sites for hydroxylation is 1. The molecule has 0 heterocycles. The Kier molecular flexibility index (Phi) is 6.06. The van der Waals surface area contributed by atoms with Crippen LogP contribution in [0.1, 0.15) is 54.4 Å². The number of carbonyl (C=O) groups excluding carboxylic acids is 1. The summed E-state index contributed by atoms with van der Waals surface area (Å²) in [4.78, 5) is 12.0. The normalized spacial score (nSPS) is 16.6. The SMILES string of the molecule is Cc1cccc(C(=O)NCCNC2CCCCCC2)c1. The average molecular weight is 274 g/mol. The summed E-state index contributed by atoms with van der Waals surface area (Å²) in [6.45, 7) is 3.57. The molecule has 3 nitrogen and oxygen atoms in total. The first-order chi connectivity index (χ1) is 9.75. The number of rotatable bonds is 5. The van der Waals surface area contributed by atoms with Crippen LogP contribution in [0.4, 0.5) is 0 Å². The van der Waals surface area contributed by atoms with Crippen LogP contribution >= 0.6 is 0 Å². The fourth-order valence-electron chi connectivity index (χ4n) is 2.82. The highest BCUT2D eigenvalue weighted by atomic mass is 16.1. The lowest BCUT2D eigenvalue weighted by molar-refractivity contribution is 0.0953. The van der Waals surface area contributed by atoms with Gasteiger partial charge in [0.1, 0.15) is 0 Å². The van der Waals surface area contributed by atoms with Crippen molar-refractivity contribution in [2.75, 3.05) is 13.1 Å². The first kappa shape index (κ1) is 15.0. The van der Waals surface area contributed by atoms with Crippen LogP contribution in [0.25, 0.3) is 0 Å². The summed E-state index contributed by atoms with van der Waals surface area (Å²) >= 11 is 0. The molecular formula is C17H26N2O. The molecule has 0 radical (unpaired) electrons. The smallest absolute Gasteiger partial charge is 0.251 e. The van der Waals surface area contributed by atoms with Crippen molar-refractivity contribution in [1.82, 2.24) is 10.6 Å². The topological polar surface area (TPSA) is 41.1 Å². The molecule has 1 saturated carbocycles. The zero-order valence-corrected chi connectivity index (χ0v) is 12.5. The molecule has 1 aromatic rings. The maximum atomic E-state index is 12.0. The van der Waals surface area contributed by atoms with Crippen LogP contribution in [0.5, 0.6) is 0 Å². The second kappa shape index (κ2) is 8.05. The van der Waals surface area contributed by atoms with Crippen LogP contribution in [0, 0.1) is 6.92 Å². The molecule has 1 aliphatic carbocycles. The molecule has 1 fully saturated rings. The molecule has 2 N–H and O–H groups in total. The quantitative estimate of drug-likeness (QED) is 0.640. The molecule has 0 aliphatic heterocycles. The van der Waals surface area contributed by atoms with Gasteiger partial charge in [-0.1, -0.05) is 43.4 Å². The van der Waals surface area contributed by atoms with Crippen LogP contribution in [-0.2, 0) is 0 Å². The van der Waals surface area contributed by atoms with Gasteiger partial charge in [-0.15, -0.1) is 0 Å². The van der Waals surface area contributed by atoms with E-state index in [2.05, 4.69) is 10.6 Å². The van der Waals surface area contributed by atoms with E-state index < -0.39 is 0 Å². The van der Waals surface area contributed by atoms with Crippen molar-refractivity contribution in [3.63, 3.8) is 0 Å². The number of hydrogen-bond donors (Lipinski definition) is 2. The van der Waals surface area contributed by atoms with Gasteiger partial charge < -0.3 is 10.6 Å². The highest BCUT2D eigenvalue weighted by Gasteiger charge is 2.11.